The number of para-hydroxylation sites is 2. The second kappa shape index (κ2) is 10.5. The first-order chi connectivity index (χ1) is 17.5. The number of thioether (sulfide) groups is 1. The molecule has 0 aliphatic rings. The minimum Gasteiger partial charge on any atom is -0.436 e. The number of carbonyl (C=O) groups is 2. The zero-order chi connectivity index (χ0) is 24.9. The average Bonchev–Trinajstić information content (AvgIpc) is 3.33. The lowest BCUT2D eigenvalue weighted by Crippen LogP contribution is -2.14. The van der Waals surface area contributed by atoms with Crippen LogP contribution >= 0.6 is 11.8 Å². The Morgan fingerprint density at radius 2 is 1.56 bits per heavy atom. The fourth-order valence-electron chi connectivity index (χ4n) is 3.66. The van der Waals surface area contributed by atoms with Crippen LogP contribution in [0.3, 0.4) is 0 Å². The molecule has 4 aromatic carbocycles. The molecule has 0 bridgehead atoms. The normalized spacial score (nSPS) is 10.8. The van der Waals surface area contributed by atoms with Gasteiger partial charge in [-0.3, -0.25) is 9.59 Å². The topological polar surface area (TPSA) is 84.2 Å². The number of oxazole rings is 1. The molecule has 2 amide bonds. The van der Waals surface area contributed by atoms with Crippen molar-refractivity contribution in [1.29, 1.82) is 0 Å². The highest BCUT2D eigenvalue weighted by Gasteiger charge is 2.10. The number of benzene rings is 4. The van der Waals surface area contributed by atoms with Crippen molar-refractivity contribution in [2.45, 2.75) is 11.8 Å². The summed E-state index contributed by atoms with van der Waals surface area (Å²) in [7, 11) is 0. The van der Waals surface area contributed by atoms with Gasteiger partial charge in [0, 0.05) is 27.4 Å². The highest BCUT2D eigenvalue weighted by molar-refractivity contribution is 8.00. The predicted molar refractivity (Wildman–Crippen MR) is 144 cm³/mol. The molecule has 7 heteroatoms. The van der Waals surface area contributed by atoms with Gasteiger partial charge in [-0.05, 0) is 79.7 Å². The van der Waals surface area contributed by atoms with E-state index in [9.17, 15) is 9.59 Å². The SMILES string of the molecule is Cc1cccc(C(=O)Nc2ccc(SCC(=O)Nc3ccc(-c4nc5ccccc5o4)cc3)cc2)c1. The smallest absolute Gasteiger partial charge is 0.255 e. The Labute approximate surface area is 212 Å². The summed E-state index contributed by atoms with van der Waals surface area (Å²) in [6.07, 6.45) is 0. The molecule has 0 radical (unpaired) electrons. The van der Waals surface area contributed by atoms with Gasteiger partial charge in [0.15, 0.2) is 5.58 Å². The van der Waals surface area contributed by atoms with Crippen LogP contribution in [-0.4, -0.2) is 22.6 Å². The fourth-order valence-corrected chi connectivity index (χ4v) is 4.36. The van der Waals surface area contributed by atoms with Gasteiger partial charge in [0.25, 0.3) is 5.91 Å². The van der Waals surface area contributed by atoms with Gasteiger partial charge in [0.05, 0.1) is 5.75 Å². The number of amides is 2. The second-order valence-electron chi connectivity index (χ2n) is 8.25. The largest absolute Gasteiger partial charge is 0.436 e. The Morgan fingerprint density at radius 1 is 0.833 bits per heavy atom. The number of aryl methyl sites for hydroxylation is 1. The second-order valence-corrected chi connectivity index (χ2v) is 9.30. The van der Waals surface area contributed by atoms with Crippen molar-refractivity contribution in [3.8, 4) is 11.5 Å². The van der Waals surface area contributed by atoms with Gasteiger partial charge in [-0.25, -0.2) is 4.98 Å². The van der Waals surface area contributed by atoms with Crippen LogP contribution in [0.1, 0.15) is 15.9 Å². The minimum atomic E-state index is -0.152. The lowest BCUT2D eigenvalue weighted by molar-refractivity contribution is -0.113. The minimum absolute atomic E-state index is 0.105. The van der Waals surface area contributed by atoms with Gasteiger partial charge in [0.2, 0.25) is 11.8 Å². The van der Waals surface area contributed by atoms with E-state index >= 15 is 0 Å². The monoisotopic (exact) mass is 493 g/mol. The zero-order valence-corrected chi connectivity index (χ0v) is 20.3. The maximum absolute atomic E-state index is 12.4. The number of hydrogen-bond donors (Lipinski definition) is 2. The average molecular weight is 494 g/mol. The molecule has 0 aliphatic carbocycles. The molecule has 0 saturated carbocycles. The third-order valence-corrected chi connectivity index (χ3v) is 6.48. The van der Waals surface area contributed by atoms with Crippen LogP contribution in [0.15, 0.2) is 106 Å². The Hall–Kier alpha value is -4.36. The number of aromatic nitrogens is 1. The van der Waals surface area contributed by atoms with Crippen molar-refractivity contribution in [1.82, 2.24) is 4.98 Å². The van der Waals surface area contributed by atoms with Gasteiger partial charge in [-0.2, -0.15) is 0 Å². The van der Waals surface area contributed by atoms with Gasteiger partial charge in [0.1, 0.15) is 5.52 Å². The summed E-state index contributed by atoms with van der Waals surface area (Å²) < 4.78 is 5.79. The Kier molecular flexibility index (Phi) is 6.82. The van der Waals surface area contributed by atoms with Gasteiger partial charge < -0.3 is 15.1 Å². The van der Waals surface area contributed by atoms with E-state index in [-0.39, 0.29) is 17.6 Å². The summed E-state index contributed by atoms with van der Waals surface area (Å²) in [5.74, 6) is 0.553. The molecular formula is C29H23N3O3S. The number of fused-ring (bicyclic) bond motifs is 1. The van der Waals surface area contributed by atoms with Crippen LogP contribution in [0, 0.1) is 6.92 Å². The van der Waals surface area contributed by atoms with Crippen LogP contribution in [0.4, 0.5) is 11.4 Å². The summed E-state index contributed by atoms with van der Waals surface area (Å²) in [4.78, 5) is 30.3. The lowest BCUT2D eigenvalue weighted by atomic mass is 10.1. The number of anilines is 2. The number of nitrogens with one attached hydrogen (secondary N) is 2. The van der Waals surface area contributed by atoms with E-state index in [0.717, 1.165) is 27.1 Å². The third kappa shape index (κ3) is 5.64. The highest BCUT2D eigenvalue weighted by atomic mass is 32.2. The molecule has 0 aliphatic heterocycles. The number of rotatable bonds is 7. The maximum Gasteiger partial charge on any atom is 0.255 e. The maximum atomic E-state index is 12.4. The van der Waals surface area contributed by atoms with Crippen molar-refractivity contribution in [2.75, 3.05) is 16.4 Å². The molecule has 0 spiro atoms. The number of hydrogen-bond acceptors (Lipinski definition) is 5. The summed E-state index contributed by atoms with van der Waals surface area (Å²) in [5, 5.41) is 5.81. The van der Waals surface area contributed by atoms with Crippen LogP contribution in [0.5, 0.6) is 0 Å². The zero-order valence-electron chi connectivity index (χ0n) is 19.5. The predicted octanol–water partition coefficient (Wildman–Crippen LogP) is 6.79. The van der Waals surface area contributed by atoms with E-state index in [4.69, 9.17) is 4.42 Å². The fraction of sp³-hybridized carbons (Fsp3) is 0.0690. The highest BCUT2D eigenvalue weighted by Crippen LogP contribution is 2.26. The molecule has 0 saturated heterocycles. The summed E-state index contributed by atoms with van der Waals surface area (Å²) in [6, 6.07) is 29.9. The Balaban J connectivity index is 1.12. The molecule has 1 aromatic heterocycles. The van der Waals surface area contributed by atoms with Gasteiger partial charge in [-0.15, -0.1) is 11.8 Å². The first kappa shape index (κ1) is 23.4. The van der Waals surface area contributed by atoms with E-state index in [1.165, 1.54) is 11.8 Å². The molecule has 2 N–H and O–H groups in total. The first-order valence-corrected chi connectivity index (χ1v) is 12.4. The molecule has 178 valence electrons. The Morgan fingerprint density at radius 3 is 2.31 bits per heavy atom. The summed E-state index contributed by atoms with van der Waals surface area (Å²) in [5.41, 5.74) is 5.45. The van der Waals surface area contributed by atoms with Gasteiger partial charge in [-0.1, -0.05) is 29.8 Å². The number of carbonyl (C=O) groups excluding carboxylic acids is 2. The molecule has 0 unspecified atom stereocenters. The quantitative estimate of drug-likeness (QED) is 0.244. The molecule has 5 rings (SSSR count). The third-order valence-electron chi connectivity index (χ3n) is 5.47. The van der Waals surface area contributed by atoms with Crippen molar-refractivity contribution >= 4 is 46.1 Å². The standard InChI is InChI=1S/C29H23N3O3S/c1-19-5-4-6-21(17-19)28(34)31-23-13-15-24(16-14-23)36-18-27(33)30-22-11-9-20(10-12-22)29-32-25-7-2-3-8-26(25)35-29/h2-17H,18H2,1H3,(H,30,33)(H,31,34). The molecule has 36 heavy (non-hydrogen) atoms. The van der Waals surface area contributed by atoms with E-state index in [2.05, 4.69) is 15.6 Å². The van der Waals surface area contributed by atoms with E-state index in [1.54, 1.807) is 6.07 Å². The van der Waals surface area contributed by atoms with Crippen molar-refractivity contribution in [3.63, 3.8) is 0 Å². The Bertz CT molecular complexity index is 1490. The van der Waals surface area contributed by atoms with E-state index in [0.29, 0.717) is 22.8 Å². The van der Waals surface area contributed by atoms with Crippen LogP contribution in [0.25, 0.3) is 22.6 Å². The molecular weight excluding hydrogens is 470 g/mol. The molecule has 1 heterocycles. The van der Waals surface area contributed by atoms with Crippen LogP contribution < -0.4 is 10.6 Å². The van der Waals surface area contributed by atoms with E-state index < -0.39 is 0 Å². The van der Waals surface area contributed by atoms with E-state index in [1.807, 2.05) is 97.9 Å². The number of nitrogens with zero attached hydrogens (tertiary/aromatic N) is 1. The molecule has 0 fully saturated rings. The van der Waals surface area contributed by atoms with Crippen LogP contribution in [-0.2, 0) is 4.79 Å². The van der Waals surface area contributed by atoms with Gasteiger partial charge >= 0.3 is 0 Å². The lowest BCUT2D eigenvalue weighted by Gasteiger charge is -2.08. The molecule has 5 aromatic rings. The van der Waals surface area contributed by atoms with Crippen LogP contribution in [0.2, 0.25) is 0 Å². The molecule has 6 nitrogen and oxygen atoms in total. The summed E-state index contributed by atoms with van der Waals surface area (Å²) >= 11 is 1.43. The van der Waals surface area contributed by atoms with Crippen molar-refractivity contribution in [3.05, 3.63) is 108 Å². The first-order valence-electron chi connectivity index (χ1n) is 11.4. The van der Waals surface area contributed by atoms with Crippen molar-refractivity contribution < 1.29 is 14.0 Å². The van der Waals surface area contributed by atoms with Crippen molar-refractivity contribution in [2.24, 2.45) is 0 Å². The molecule has 0 atom stereocenters. The summed E-state index contributed by atoms with van der Waals surface area (Å²) in [6.45, 7) is 1.95.